The number of carbonyl (C=O) groups is 2. The number of nitrogens with two attached hydrogens (primary N) is 1. The van der Waals surface area contributed by atoms with Crippen molar-refractivity contribution >= 4 is 64.3 Å². The number of benzene rings is 3. The number of primary amides is 1. The first kappa shape index (κ1) is 31.2. The number of amides is 2. The van der Waals surface area contributed by atoms with E-state index in [1.807, 2.05) is 54.6 Å². The molecule has 2 N–H and O–H groups in total. The molecule has 2 amide bonds. The van der Waals surface area contributed by atoms with E-state index < -0.39 is 5.91 Å². The van der Waals surface area contributed by atoms with E-state index in [1.165, 1.54) is 11.8 Å². The smallest absolute Gasteiger partial charge is 0.270 e. The van der Waals surface area contributed by atoms with Gasteiger partial charge in [0.2, 0.25) is 5.91 Å². The van der Waals surface area contributed by atoms with E-state index in [-0.39, 0.29) is 18.3 Å². The van der Waals surface area contributed by atoms with Gasteiger partial charge in [-0.25, -0.2) is 0 Å². The molecule has 4 rings (SSSR count). The Morgan fingerprint density at radius 1 is 0.950 bits per heavy atom. The van der Waals surface area contributed by atoms with Crippen molar-refractivity contribution in [1.82, 2.24) is 4.90 Å². The van der Waals surface area contributed by atoms with Gasteiger partial charge in [0.15, 0.2) is 4.32 Å². The van der Waals surface area contributed by atoms with Crippen molar-refractivity contribution in [3.05, 3.63) is 88.8 Å². The summed E-state index contributed by atoms with van der Waals surface area (Å²) in [7, 11) is 0. The van der Waals surface area contributed by atoms with Crippen LogP contribution in [0.5, 0.6) is 17.2 Å². The molecule has 210 valence electrons. The molecule has 1 fully saturated rings. The zero-order valence-electron chi connectivity index (χ0n) is 22.4. The molecule has 3 aromatic rings. The van der Waals surface area contributed by atoms with Crippen LogP contribution in [0.1, 0.15) is 36.2 Å². The van der Waals surface area contributed by atoms with Crippen LogP contribution in [0.25, 0.3) is 6.08 Å². The quantitative estimate of drug-likeness (QED) is 0.145. The maximum Gasteiger partial charge on any atom is 0.270 e. The van der Waals surface area contributed by atoms with Crippen molar-refractivity contribution in [3.63, 3.8) is 0 Å². The van der Waals surface area contributed by atoms with E-state index >= 15 is 0 Å². The number of ether oxygens (including phenoxy) is 2. The van der Waals surface area contributed by atoms with Gasteiger partial charge in [-0.3, -0.25) is 14.5 Å². The number of hydrogen-bond acceptors (Lipinski definition) is 7. The molecular weight excluding hydrogens is 566 g/mol. The zero-order valence-corrected chi connectivity index (χ0v) is 24.8. The fraction of sp³-hybridized carbons (Fsp3) is 0.233. The summed E-state index contributed by atoms with van der Waals surface area (Å²) in [6.07, 6.45) is 2.78. The van der Waals surface area contributed by atoms with E-state index in [9.17, 15) is 9.59 Å². The molecule has 1 heterocycles. The molecule has 0 atom stereocenters. The Morgan fingerprint density at radius 3 is 2.10 bits per heavy atom. The molecule has 40 heavy (non-hydrogen) atoms. The Hall–Kier alpha value is -3.37. The third kappa shape index (κ3) is 8.08. The molecule has 0 aliphatic carbocycles. The van der Waals surface area contributed by atoms with Crippen LogP contribution in [0.15, 0.2) is 77.7 Å². The minimum atomic E-state index is -0.487. The van der Waals surface area contributed by atoms with Gasteiger partial charge in [-0.1, -0.05) is 50.0 Å². The van der Waals surface area contributed by atoms with Crippen LogP contribution in [0, 0.1) is 0 Å². The number of halogens is 1. The minimum Gasteiger partial charge on any atom is -0.494 e. The summed E-state index contributed by atoms with van der Waals surface area (Å²) in [5.74, 6) is 1.34. The number of anilines is 1. The Kier molecular flexibility index (Phi) is 11.6. The summed E-state index contributed by atoms with van der Waals surface area (Å²) in [5.41, 5.74) is 7.25. The van der Waals surface area contributed by atoms with Gasteiger partial charge in [0.05, 0.1) is 17.2 Å². The molecule has 0 unspecified atom stereocenters. The topological polar surface area (TPSA) is 85.1 Å². The van der Waals surface area contributed by atoms with Gasteiger partial charge < -0.3 is 20.1 Å². The molecule has 10 heteroatoms. The molecule has 0 radical (unpaired) electrons. The van der Waals surface area contributed by atoms with Crippen LogP contribution in [-0.4, -0.2) is 47.3 Å². The van der Waals surface area contributed by atoms with Crippen molar-refractivity contribution < 1.29 is 19.1 Å². The molecule has 0 aromatic heterocycles. The van der Waals surface area contributed by atoms with E-state index in [0.29, 0.717) is 38.6 Å². The molecular formula is C30H32ClN3O4S2. The lowest BCUT2D eigenvalue weighted by Crippen LogP contribution is -2.27. The molecule has 0 saturated carbocycles. The Balaban J connectivity index is 0.00000441. The second-order valence-corrected chi connectivity index (χ2v) is 10.5. The molecule has 3 aromatic carbocycles. The first-order valence-corrected chi connectivity index (χ1v) is 14.0. The lowest BCUT2D eigenvalue weighted by atomic mass is 10.2. The summed E-state index contributed by atoms with van der Waals surface area (Å²) in [5, 5.41) is 0. The molecule has 1 aliphatic heterocycles. The van der Waals surface area contributed by atoms with Crippen molar-refractivity contribution in [1.29, 1.82) is 0 Å². The number of hydrogen-bond donors (Lipinski definition) is 1. The van der Waals surface area contributed by atoms with Crippen LogP contribution in [-0.2, 0) is 4.79 Å². The summed E-state index contributed by atoms with van der Waals surface area (Å²) in [6.45, 7) is 8.06. The first-order chi connectivity index (χ1) is 18.9. The highest BCUT2D eigenvalue weighted by atomic mass is 35.5. The highest BCUT2D eigenvalue weighted by Crippen LogP contribution is 2.36. The van der Waals surface area contributed by atoms with Crippen molar-refractivity contribution in [2.45, 2.75) is 20.3 Å². The highest BCUT2D eigenvalue weighted by Gasteiger charge is 2.33. The van der Waals surface area contributed by atoms with Crippen molar-refractivity contribution in [2.24, 2.45) is 5.73 Å². The molecule has 1 aliphatic rings. The van der Waals surface area contributed by atoms with Crippen molar-refractivity contribution in [3.8, 4) is 17.2 Å². The standard InChI is InChI=1S/C30H31N3O4S2.ClH/c1-3-32(4-2)18-5-19-36-24-16-10-23(11-17-24)33-29(35)27(39-30(33)38)20-21-6-12-25(13-7-21)37-26-14-8-22(9-15-26)28(31)34;/h6-17,20H,3-5,18-19H2,1-2H3,(H2,31,34);1H/b27-20-;. The third-order valence-corrected chi connectivity index (χ3v) is 7.53. The van der Waals surface area contributed by atoms with E-state index in [0.717, 1.165) is 37.4 Å². The van der Waals surface area contributed by atoms with Crippen molar-refractivity contribution in [2.75, 3.05) is 31.1 Å². The van der Waals surface area contributed by atoms with Crippen LogP contribution < -0.4 is 20.1 Å². The average molecular weight is 598 g/mol. The van der Waals surface area contributed by atoms with Gasteiger partial charge in [-0.15, -0.1) is 12.4 Å². The molecule has 7 nitrogen and oxygen atoms in total. The summed E-state index contributed by atoms with van der Waals surface area (Å²) in [4.78, 5) is 28.9. The number of nitrogens with zero attached hydrogens (tertiary/aromatic N) is 2. The monoisotopic (exact) mass is 597 g/mol. The molecule has 1 saturated heterocycles. The van der Waals surface area contributed by atoms with E-state index in [1.54, 1.807) is 29.2 Å². The van der Waals surface area contributed by atoms with Gasteiger partial charge >= 0.3 is 0 Å². The maximum atomic E-state index is 13.2. The first-order valence-electron chi connectivity index (χ1n) is 12.8. The predicted molar refractivity (Wildman–Crippen MR) is 169 cm³/mol. The van der Waals surface area contributed by atoms with Crippen LogP contribution in [0.4, 0.5) is 5.69 Å². The van der Waals surface area contributed by atoms with Gasteiger partial charge in [0.1, 0.15) is 17.2 Å². The lowest BCUT2D eigenvalue weighted by Gasteiger charge is -2.18. The third-order valence-electron chi connectivity index (χ3n) is 6.22. The van der Waals surface area contributed by atoms with Gasteiger partial charge in [-0.05, 0) is 91.8 Å². The highest BCUT2D eigenvalue weighted by molar-refractivity contribution is 8.27. The molecule has 0 spiro atoms. The normalized spacial score (nSPS) is 14.0. The van der Waals surface area contributed by atoms with Crippen LogP contribution in [0.2, 0.25) is 0 Å². The largest absolute Gasteiger partial charge is 0.494 e. The fourth-order valence-corrected chi connectivity index (χ4v) is 5.31. The Bertz CT molecular complexity index is 1340. The summed E-state index contributed by atoms with van der Waals surface area (Å²) in [6, 6.07) is 21.4. The zero-order chi connectivity index (χ0) is 27.8. The second-order valence-electron chi connectivity index (χ2n) is 8.80. The summed E-state index contributed by atoms with van der Waals surface area (Å²) < 4.78 is 12.2. The van der Waals surface area contributed by atoms with Crippen LogP contribution in [0.3, 0.4) is 0 Å². The number of carbonyl (C=O) groups excluding carboxylic acids is 2. The average Bonchev–Trinajstić information content (AvgIpc) is 3.22. The van der Waals surface area contributed by atoms with E-state index in [2.05, 4.69) is 18.7 Å². The minimum absolute atomic E-state index is 0. The lowest BCUT2D eigenvalue weighted by molar-refractivity contribution is -0.113. The predicted octanol–water partition coefficient (Wildman–Crippen LogP) is 6.52. The number of thioether (sulfide) groups is 1. The van der Waals surface area contributed by atoms with E-state index in [4.69, 9.17) is 27.4 Å². The SMILES string of the molecule is CCN(CC)CCCOc1ccc(N2C(=O)/C(=C/c3ccc(Oc4ccc(C(N)=O)cc4)cc3)SC2=S)cc1.Cl. The Labute approximate surface area is 250 Å². The molecule has 0 bridgehead atoms. The van der Waals surface area contributed by atoms with Gasteiger partial charge in [-0.2, -0.15) is 0 Å². The second kappa shape index (κ2) is 14.9. The summed E-state index contributed by atoms with van der Waals surface area (Å²) >= 11 is 6.79. The number of thiocarbonyl (C=S) groups is 1. The van der Waals surface area contributed by atoms with Gasteiger partial charge in [0.25, 0.3) is 5.91 Å². The maximum absolute atomic E-state index is 13.2. The van der Waals surface area contributed by atoms with Crippen LogP contribution >= 0.6 is 36.4 Å². The number of rotatable bonds is 12. The Morgan fingerprint density at radius 2 is 1.52 bits per heavy atom. The van der Waals surface area contributed by atoms with Gasteiger partial charge in [0, 0.05) is 12.1 Å². The fourth-order valence-electron chi connectivity index (χ4n) is 4.01.